The summed E-state index contributed by atoms with van der Waals surface area (Å²) in [7, 11) is 0. The first-order chi connectivity index (χ1) is 8.00. The summed E-state index contributed by atoms with van der Waals surface area (Å²) >= 11 is 3.24. The van der Waals surface area contributed by atoms with Crippen molar-refractivity contribution in [1.82, 2.24) is 0 Å². The van der Waals surface area contributed by atoms with Gasteiger partial charge in [0, 0.05) is 12.0 Å². The van der Waals surface area contributed by atoms with E-state index in [2.05, 4.69) is 21.2 Å². The molecule has 1 amide bonds. The average molecular weight is 298 g/mol. The molecule has 2 N–H and O–H groups in total. The minimum Gasteiger partial charge on any atom is -0.506 e. The van der Waals surface area contributed by atoms with Crippen LogP contribution in [-0.2, 0) is 11.2 Å². The number of phenolic OH excluding ortho intramolecular Hbond substituents is 1. The Labute approximate surface area is 107 Å². The van der Waals surface area contributed by atoms with E-state index >= 15 is 0 Å². The standard InChI is InChI=1S/C12H12BrNO3/c1-6(13)12(17)8-2-4-9(15)11-7(8)3-5-10(16)14-11/h2,4,6,15H,3,5H2,1H3,(H,14,16). The number of phenols is 1. The predicted molar refractivity (Wildman–Crippen MR) is 67.8 cm³/mol. The lowest BCUT2D eigenvalue weighted by Gasteiger charge is -2.21. The van der Waals surface area contributed by atoms with E-state index < -0.39 is 0 Å². The Kier molecular flexibility index (Phi) is 3.19. The zero-order chi connectivity index (χ0) is 12.6. The second-order valence-electron chi connectivity index (χ2n) is 4.01. The van der Waals surface area contributed by atoms with Gasteiger partial charge in [0.15, 0.2) is 5.78 Å². The molecule has 0 saturated heterocycles. The van der Waals surface area contributed by atoms with Crippen molar-refractivity contribution >= 4 is 33.3 Å². The molecule has 1 heterocycles. The second kappa shape index (κ2) is 4.49. The van der Waals surface area contributed by atoms with Gasteiger partial charge < -0.3 is 10.4 Å². The number of carbonyl (C=O) groups excluding carboxylic acids is 2. The third-order valence-electron chi connectivity index (χ3n) is 2.78. The van der Waals surface area contributed by atoms with Crippen LogP contribution < -0.4 is 5.32 Å². The van der Waals surface area contributed by atoms with Gasteiger partial charge in [0.1, 0.15) is 5.75 Å². The molecule has 0 aromatic heterocycles. The quantitative estimate of drug-likeness (QED) is 0.500. The fraction of sp³-hybridized carbons (Fsp3) is 0.333. The molecular formula is C12H12BrNO3. The Morgan fingerprint density at radius 2 is 2.18 bits per heavy atom. The molecule has 1 atom stereocenters. The van der Waals surface area contributed by atoms with E-state index in [1.54, 1.807) is 13.0 Å². The summed E-state index contributed by atoms with van der Waals surface area (Å²) in [6.45, 7) is 1.75. The molecule has 2 rings (SSSR count). The van der Waals surface area contributed by atoms with Gasteiger partial charge in [0.05, 0.1) is 10.5 Å². The van der Waals surface area contributed by atoms with Crippen LogP contribution >= 0.6 is 15.9 Å². The normalized spacial score (nSPS) is 16.0. The molecular weight excluding hydrogens is 286 g/mol. The first kappa shape index (κ1) is 12.1. The Balaban J connectivity index is 2.53. The van der Waals surface area contributed by atoms with Gasteiger partial charge in [0.25, 0.3) is 0 Å². The van der Waals surface area contributed by atoms with Crippen LogP contribution in [0.25, 0.3) is 0 Å². The van der Waals surface area contributed by atoms with Gasteiger partial charge in [0.2, 0.25) is 5.91 Å². The van der Waals surface area contributed by atoms with Crippen molar-refractivity contribution in [2.24, 2.45) is 0 Å². The van der Waals surface area contributed by atoms with Crippen LogP contribution in [0.1, 0.15) is 29.3 Å². The fourth-order valence-corrected chi connectivity index (χ4v) is 2.17. The number of alkyl halides is 1. The summed E-state index contributed by atoms with van der Waals surface area (Å²) in [5.41, 5.74) is 1.66. The van der Waals surface area contributed by atoms with Crippen LogP contribution in [0.15, 0.2) is 12.1 Å². The number of amides is 1. The lowest BCUT2D eigenvalue weighted by molar-refractivity contribution is -0.116. The molecule has 5 heteroatoms. The number of aromatic hydroxyl groups is 1. The number of anilines is 1. The highest BCUT2D eigenvalue weighted by Crippen LogP contribution is 2.35. The van der Waals surface area contributed by atoms with E-state index in [-0.39, 0.29) is 22.3 Å². The van der Waals surface area contributed by atoms with Crippen molar-refractivity contribution in [3.05, 3.63) is 23.3 Å². The molecule has 0 radical (unpaired) electrons. The number of Topliss-reactive ketones (excluding diaryl/α,β-unsaturated/α-hetero) is 1. The van der Waals surface area contributed by atoms with Crippen molar-refractivity contribution in [2.45, 2.75) is 24.6 Å². The van der Waals surface area contributed by atoms with Crippen LogP contribution in [-0.4, -0.2) is 21.6 Å². The molecule has 0 fully saturated rings. The number of hydrogen-bond acceptors (Lipinski definition) is 3. The van der Waals surface area contributed by atoms with Gasteiger partial charge in [-0.3, -0.25) is 9.59 Å². The van der Waals surface area contributed by atoms with Crippen molar-refractivity contribution in [3.63, 3.8) is 0 Å². The first-order valence-electron chi connectivity index (χ1n) is 5.33. The predicted octanol–water partition coefficient (Wildman–Crippen LogP) is 2.24. The molecule has 17 heavy (non-hydrogen) atoms. The van der Waals surface area contributed by atoms with Crippen LogP contribution in [0.3, 0.4) is 0 Å². The summed E-state index contributed by atoms with van der Waals surface area (Å²) in [6, 6.07) is 3.04. The average Bonchev–Trinajstić information content (AvgIpc) is 2.29. The van der Waals surface area contributed by atoms with Gasteiger partial charge in [-0.05, 0) is 31.0 Å². The van der Waals surface area contributed by atoms with Gasteiger partial charge in [-0.25, -0.2) is 0 Å². The topological polar surface area (TPSA) is 66.4 Å². The molecule has 1 aromatic carbocycles. The highest BCUT2D eigenvalue weighted by atomic mass is 79.9. The molecule has 1 aliphatic rings. The lowest BCUT2D eigenvalue weighted by Crippen LogP contribution is -2.22. The number of fused-ring (bicyclic) bond motifs is 1. The highest BCUT2D eigenvalue weighted by Gasteiger charge is 2.25. The van der Waals surface area contributed by atoms with Gasteiger partial charge in [-0.2, -0.15) is 0 Å². The zero-order valence-electron chi connectivity index (χ0n) is 9.29. The number of halogens is 1. The Morgan fingerprint density at radius 1 is 1.47 bits per heavy atom. The summed E-state index contributed by atoms with van der Waals surface area (Å²) in [6.07, 6.45) is 0.823. The molecule has 90 valence electrons. The largest absolute Gasteiger partial charge is 0.506 e. The maximum Gasteiger partial charge on any atom is 0.224 e. The highest BCUT2D eigenvalue weighted by molar-refractivity contribution is 9.10. The fourth-order valence-electron chi connectivity index (χ4n) is 1.92. The molecule has 0 aliphatic carbocycles. The van der Waals surface area contributed by atoms with Gasteiger partial charge >= 0.3 is 0 Å². The molecule has 0 saturated carbocycles. The molecule has 1 unspecified atom stereocenters. The molecule has 0 bridgehead atoms. The van der Waals surface area contributed by atoms with E-state index in [1.165, 1.54) is 6.07 Å². The lowest BCUT2D eigenvalue weighted by atomic mass is 9.93. The molecule has 1 aliphatic heterocycles. The second-order valence-corrected chi connectivity index (χ2v) is 5.39. The number of benzene rings is 1. The third-order valence-corrected chi connectivity index (χ3v) is 3.20. The van der Waals surface area contributed by atoms with Crippen molar-refractivity contribution in [2.75, 3.05) is 5.32 Å². The Hall–Kier alpha value is -1.36. The van der Waals surface area contributed by atoms with E-state index in [1.807, 2.05) is 0 Å². The molecule has 1 aromatic rings. The number of hydrogen-bond donors (Lipinski definition) is 2. The maximum absolute atomic E-state index is 12.0. The monoisotopic (exact) mass is 297 g/mol. The number of nitrogens with one attached hydrogen (secondary N) is 1. The van der Waals surface area contributed by atoms with Crippen LogP contribution in [0.4, 0.5) is 5.69 Å². The smallest absolute Gasteiger partial charge is 0.224 e. The number of rotatable bonds is 2. The number of ketones is 1. The van der Waals surface area contributed by atoms with Crippen molar-refractivity contribution < 1.29 is 14.7 Å². The van der Waals surface area contributed by atoms with Gasteiger partial charge in [-0.1, -0.05) is 15.9 Å². The summed E-state index contributed by atoms with van der Waals surface area (Å²) < 4.78 is 0. The molecule has 0 spiro atoms. The van der Waals surface area contributed by atoms with E-state index in [9.17, 15) is 14.7 Å². The summed E-state index contributed by atoms with van der Waals surface area (Å²) in [4.78, 5) is 23.0. The van der Waals surface area contributed by atoms with Crippen LogP contribution in [0, 0.1) is 0 Å². The van der Waals surface area contributed by atoms with Crippen molar-refractivity contribution in [1.29, 1.82) is 0 Å². The van der Waals surface area contributed by atoms with Gasteiger partial charge in [-0.15, -0.1) is 0 Å². The SMILES string of the molecule is CC(Br)C(=O)c1ccc(O)c2c1CCC(=O)N2. The Bertz CT molecular complexity index is 497. The summed E-state index contributed by atoms with van der Waals surface area (Å²) in [5, 5.41) is 12.3. The van der Waals surface area contributed by atoms with Crippen LogP contribution in [0.2, 0.25) is 0 Å². The van der Waals surface area contributed by atoms with E-state index in [0.717, 1.165) is 5.56 Å². The molecule has 4 nitrogen and oxygen atoms in total. The zero-order valence-corrected chi connectivity index (χ0v) is 10.9. The minimum atomic E-state index is -0.284. The first-order valence-corrected chi connectivity index (χ1v) is 6.25. The maximum atomic E-state index is 12.0. The minimum absolute atomic E-state index is 0.00632. The van der Waals surface area contributed by atoms with Crippen molar-refractivity contribution in [3.8, 4) is 5.75 Å². The number of carbonyl (C=O) groups is 2. The van der Waals surface area contributed by atoms with Crippen LogP contribution in [0.5, 0.6) is 5.75 Å². The summed E-state index contributed by atoms with van der Waals surface area (Å²) in [5.74, 6) is -0.173. The van der Waals surface area contributed by atoms with E-state index in [4.69, 9.17) is 0 Å². The Morgan fingerprint density at radius 3 is 2.82 bits per heavy atom. The third kappa shape index (κ3) is 2.20. The van der Waals surface area contributed by atoms with E-state index in [0.29, 0.717) is 24.1 Å².